The molecule has 13 heavy (non-hydrogen) atoms. The lowest BCUT2D eigenvalue weighted by Gasteiger charge is -2.34. The molecule has 1 N–H and O–H groups in total. The summed E-state index contributed by atoms with van der Waals surface area (Å²) >= 11 is 0. The highest BCUT2D eigenvalue weighted by atomic mass is 15.3. The Labute approximate surface area is 78.9 Å². The molecule has 0 bridgehead atoms. The van der Waals surface area contributed by atoms with E-state index < -0.39 is 0 Å². The van der Waals surface area contributed by atoms with Gasteiger partial charge in [-0.05, 0) is 24.7 Å². The summed E-state index contributed by atoms with van der Waals surface area (Å²) in [5, 5.41) is 10.7. The van der Waals surface area contributed by atoms with Crippen molar-refractivity contribution in [2.75, 3.05) is 0 Å². The SMILES string of the molecule is CC1(C)CCC[C@@H](c2cn[nH]n2)C1. The number of rotatable bonds is 1. The number of hydrogen-bond acceptors (Lipinski definition) is 2. The van der Waals surface area contributed by atoms with Crippen LogP contribution < -0.4 is 0 Å². The second-order valence-electron chi connectivity index (χ2n) is 4.85. The number of hydrogen-bond donors (Lipinski definition) is 1. The van der Waals surface area contributed by atoms with Crippen molar-refractivity contribution in [1.29, 1.82) is 0 Å². The van der Waals surface area contributed by atoms with E-state index in [1.54, 1.807) is 0 Å². The summed E-state index contributed by atoms with van der Waals surface area (Å²) in [6, 6.07) is 0. The summed E-state index contributed by atoms with van der Waals surface area (Å²) in [7, 11) is 0. The molecule has 1 heterocycles. The quantitative estimate of drug-likeness (QED) is 0.719. The highest BCUT2D eigenvalue weighted by Crippen LogP contribution is 2.42. The molecule has 0 spiro atoms. The summed E-state index contributed by atoms with van der Waals surface area (Å²) < 4.78 is 0. The summed E-state index contributed by atoms with van der Waals surface area (Å²) in [5.41, 5.74) is 1.63. The second kappa shape index (κ2) is 3.13. The number of aromatic nitrogens is 3. The standard InChI is InChI=1S/C10H17N3/c1-10(2)5-3-4-8(6-10)9-7-11-13-12-9/h7-8H,3-6H2,1-2H3,(H,11,12,13)/t8-/m1/s1. The van der Waals surface area contributed by atoms with Crippen LogP contribution in [0.1, 0.15) is 51.1 Å². The minimum atomic E-state index is 0.488. The number of nitrogens with zero attached hydrogens (tertiary/aromatic N) is 2. The third kappa shape index (κ3) is 1.90. The van der Waals surface area contributed by atoms with E-state index in [9.17, 15) is 0 Å². The van der Waals surface area contributed by atoms with Gasteiger partial charge in [0.15, 0.2) is 0 Å². The number of H-pyrrole nitrogens is 1. The zero-order valence-corrected chi connectivity index (χ0v) is 8.38. The van der Waals surface area contributed by atoms with Crippen molar-refractivity contribution in [3.05, 3.63) is 11.9 Å². The summed E-state index contributed by atoms with van der Waals surface area (Å²) in [5.74, 6) is 0.627. The van der Waals surface area contributed by atoms with Crippen molar-refractivity contribution >= 4 is 0 Å². The first-order valence-corrected chi connectivity index (χ1v) is 5.03. The lowest BCUT2D eigenvalue weighted by Crippen LogP contribution is -2.21. The third-order valence-corrected chi connectivity index (χ3v) is 3.06. The van der Waals surface area contributed by atoms with E-state index >= 15 is 0 Å². The normalized spacial score (nSPS) is 27.4. The van der Waals surface area contributed by atoms with E-state index in [4.69, 9.17) is 0 Å². The van der Waals surface area contributed by atoms with E-state index in [0.29, 0.717) is 11.3 Å². The second-order valence-corrected chi connectivity index (χ2v) is 4.85. The Kier molecular flexibility index (Phi) is 2.10. The van der Waals surface area contributed by atoms with E-state index in [2.05, 4.69) is 29.3 Å². The molecule has 1 aromatic rings. The third-order valence-electron chi connectivity index (χ3n) is 3.06. The molecule has 0 unspecified atom stereocenters. The Hall–Kier alpha value is -0.860. The van der Waals surface area contributed by atoms with Crippen molar-refractivity contribution in [3.8, 4) is 0 Å². The molecule has 3 heteroatoms. The van der Waals surface area contributed by atoms with Crippen LogP contribution in [0.25, 0.3) is 0 Å². The average molecular weight is 179 g/mol. The first-order valence-electron chi connectivity index (χ1n) is 5.03. The topological polar surface area (TPSA) is 41.6 Å². The lowest BCUT2D eigenvalue weighted by molar-refractivity contribution is 0.217. The molecular formula is C10H17N3. The van der Waals surface area contributed by atoms with E-state index in [1.165, 1.54) is 25.7 Å². The Morgan fingerprint density at radius 3 is 3.00 bits per heavy atom. The molecular weight excluding hydrogens is 162 g/mol. The lowest BCUT2D eigenvalue weighted by atomic mass is 9.71. The van der Waals surface area contributed by atoms with Gasteiger partial charge in [-0.15, -0.1) is 0 Å². The Balaban J connectivity index is 2.09. The first kappa shape index (κ1) is 8.73. The van der Waals surface area contributed by atoms with Crippen LogP contribution in [0.2, 0.25) is 0 Å². The number of nitrogens with one attached hydrogen (secondary N) is 1. The van der Waals surface area contributed by atoms with Crippen molar-refractivity contribution in [2.24, 2.45) is 5.41 Å². The van der Waals surface area contributed by atoms with Crippen LogP contribution in [-0.4, -0.2) is 15.4 Å². The van der Waals surface area contributed by atoms with Gasteiger partial charge < -0.3 is 0 Å². The van der Waals surface area contributed by atoms with Crippen LogP contribution in [0.15, 0.2) is 6.20 Å². The Morgan fingerprint density at radius 2 is 2.38 bits per heavy atom. The van der Waals surface area contributed by atoms with Crippen molar-refractivity contribution in [3.63, 3.8) is 0 Å². The fourth-order valence-corrected chi connectivity index (χ4v) is 2.36. The first-order chi connectivity index (χ1) is 6.17. The van der Waals surface area contributed by atoms with Crippen LogP contribution in [0.5, 0.6) is 0 Å². The summed E-state index contributed by atoms with van der Waals surface area (Å²) in [6.45, 7) is 4.69. The van der Waals surface area contributed by atoms with Gasteiger partial charge in [0.1, 0.15) is 0 Å². The maximum absolute atomic E-state index is 4.17. The maximum Gasteiger partial charge on any atom is 0.0855 e. The van der Waals surface area contributed by atoms with Gasteiger partial charge in [0.2, 0.25) is 0 Å². The van der Waals surface area contributed by atoms with Crippen molar-refractivity contribution < 1.29 is 0 Å². The van der Waals surface area contributed by atoms with Crippen LogP contribution in [-0.2, 0) is 0 Å². The van der Waals surface area contributed by atoms with Gasteiger partial charge in [-0.2, -0.15) is 15.4 Å². The summed E-state index contributed by atoms with van der Waals surface area (Å²) in [6.07, 6.45) is 7.06. The van der Waals surface area contributed by atoms with Gasteiger partial charge in [-0.1, -0.05) is 20.3 Å². The van der Waals surface area contributed by atoms with Crippen LogP contribution in [0, 0.1) is 5.41 Å². The van der Waals surface area contributed by atoms with Gasteiger partial charge in [-0.3, -0.25) is 0 Å². The monoisotopic (exact) mass is 179 g/mol. The predicted molar refractivity (Wildman–Crippen MR) is 51.4 cm³/mol. The minimum Gasteiger partial charge on any atom is -0.198 e. The molecule has 1 atom stereocenters. The highest BCUT2D eigenvalue weighted by molar-refractivity contribution is 5.04. The van der Waals surface area contributed by atoms with Crippen LogP contribution >= 0.6 is 0 Å². The van der Waals surface area contributed by atoms with Crippen LogP contribution in [0.3, 0.4) is 0 Å². The summed E-state index contributed by atoms with van der Waals surface area (Å²) in [4.78, 5) is 0. The maximum atomic E-state index is 4.17. The van der Waals surface area contributed by atoms with Gasteiger partial charge >= 0.3 is 0 Å². The molecule has 0 aromatic carbocycles. The molecule has 0 aliphatic heterocycles. The molecule has 1 fully saturated rings. The Morgan fingerprint density at radius 1 is 1.54 bits per heavy atom. The van der Waals surface area contributed by atoms with Gasteiger partial charge in [-0.25, -0.2) is 0 Å². The molecule has 1 saturated carbocycles. The molecule has 1 aliphatic rings. The van der Waals surface area contributed by atoms with Crippen molar-refractivity contribution in [2.45, 2.75) is 45.4 Å². The molecule has 0 saturated heterocycles. The highest BCUT2D eigenvalue weighted by Gasteiger charge is 2.29. The molecule has 0 radical (unpaired) electrons. The zero-order valence-electron chi connectivity index (χ0n) is 8.38. The van der Waals surface area contributed by atoms with Crippen LogP contribution in [0.4, 0.5) is 0 Å². The molecule has 3 nitrogen and oxygen atoms in total. The van der Waals surface area contributed by atoms with Crippen molar-refractivity contribution in [1.82, 2.24) is 15.4 Å². The molecule has 1 aliphatic carbocycles. The molecule has 1 aromatic heterocycles. The fraction of sp³-hybridized carbons (Fsp3) is 0.800. The van der Waals surface area contributed by atoms with E-state index in [0.717, 1.165) is 5.69 Å². The van der Waals surface area contributed by atoms with E-state index in [-0.39, 0.29) is 0 Å². The average Bonchev–Trinajstić information content (AvgIpc) is 2.53. The predicted octanol–water partition coefficient (Wildman–Crippen LogP) is 2.49. The van der Waals surface area contributed by atoms with E-state index in [1.807, 2.05) is 6.20 Å². The number of aromatic amines is 1. The molecule has 2 rings (SSSR count). The molecule has 72 valence electrons. The zero-order chi connectivity index (χ0) is 9.31. The largest absolute Gasteiger partial charge is 0.198 e. The van der Waals surface area contributed by atoms with Gasteiger partial charge in [0, 0.05) is 5.92 Å². The Bertz CT molecular complexity index is 264. The smallest absolute Gasteiger partial charge is 0.0855 e. The van der Waals surface area contributed by atoms with Gasteiger partial charge in [0.25, 0.3) is 0 Å². The fourth-order valence-electron chi connectivity index (χ4n) is 2.36. The van der Waals surface area contributed by atoms with Gasteiger partial charge in [0.05, 0.1) is 11.9 Å². The molecule has 0 amide bonds. The minimum absolute atomic E-state index is 0.488.